The minimum absolute atomic E-state index is 0.00972. The van der Waals surface area contributed by atoms with E-state index in [1.165, 1.54) is 25.1 Å². The zero-order valence-corrected chi connectivity index (χ0v) is 15.1. The van der Waals surface area contributed by atoms with E-state index in [-0.39, 0.29) is 27.1 Å². The number of amides is 2. The number of nitrogens with one attached hydrogen (secondary N) is 1. The largest absolute Gasteiger partial charge is 0.466 e. The third-order valence-electron chi connectivity index (χ3n) is 4.14. The van der Waals surface area contributed by atoms with E-state index >= 15 is 0 Å². The normalized spacial score (nSPS) is 26.5. The van der Waals surface area contributed by atoms with Gasteiger partial charge in [0.15, 0.2) is 0 Å². The summed E-state index contributed by atoms with van der Waals surface area (Å²) >= 11 is 11.9. The lowest BCUT2D eigenvalue weighted by atomic mass is 9.81. The van der Waals surface area contributed by atoms with E-state index in [0.717, 1.165) is 7.05 Å². The van der Waals surface area contributed by atoms with Crippen LogP contribution in [0.1, 0.15) is 18.5 Å². The zero-order valence-electron chi connectivity index (χ0n) is 13.6. The molecule has 1 saturated heterocycles. The molecule has 1 fully saturated rings. The number of carbonyl (C=O) groups excluding carboxylic acids is 2. The van der Waals surface area contributed by atoms with Crippen molar-refractivity contribution in [1.82, 2.24) is 10.2 Å². The maximum absolute atomic E-state index is 13.7. The Morgan fingerprint density at radius 3 is 2.58 bits per heavy atom. The monoisotopic (exact) mass is 414 g/mol. The molecule has 0 aromatic heterocycles. The van der Waals surface area contributed by atoms with Gasteiger partial charge < -0.3 is 15.2 Å². The predicted molar refractivity (Wildman–Crippen MR) is 86.6 cm³/mol. The molecule has 1 aliphatic heterocycles. The van der Waals surface area contributed by atoms with Crippen LogP contribution in [0.5, 0.6) is 0 Å². The topological polar surface area (TPSA) is 78.9 Å². The Balaban J connectivity index is 2.71. The summed E-state index contributed by atoms with van der Waals surface area (Å²) in [6, 6.07) is 1.22. The fourth-order valence-corrected chi connectivity index (χ4v) is 3.25. The zero-order chi connectivity index (χ0) is 19.9. The molecule has 0 bridgehead atoms. The second-order valence-corrected chi connectivity index (χ2v) is 6.37. The summed E-state index contributed by atoms with van der Waals surface area (Å²) in [6.45, 7) is 1.17. The fourth-order valence-electron chi connectivity index (χ4n) is 2.83. The molecule has 0 spiro atoms. The molecular weight excluding hydrogens is 400 g/mol. The maximum Gasteiger partial charge on any atom is 0.437 e. The molecule has 1 aromatic rings. The average Bonchev–Trinajstić information content (AvgIpc) is 2.54. The number of alkyl halides is 3. The summed E-state index contributed by atoms with van der Waals surface area (Å²) in [4.78, 5) is 24.5. The Labute approximate surface area is 156 Å². The van der Waals surface area contributed by atoms with Crippen LogP contribution in [0.3, 0.4) is 0 Å². The van der Waals surface area contributed by atoms with E-state index in [2.05, 4.69) is 5.32 Å². The number of benzene rings is 1. The molecule has 3 atom stereocenters. The van der Waals surface area contributed by atoms with Crippen LogP contribution in [-0.2, 0) is 9.53 Å². The molecule has 1 aliphatic rings. The van der Waals surface area contributed by atoms with Gasteiger partial charge in [0.05, 0.1) is 22.7 Å². The second kappa shape index (κ2) is 7.13. The molecule has 2 amide bonds. The van der Waals surface area contributed by atoms with Crippen molar-refractivity contribution in [2.75, 3.05) is 13.7 Å². The number of carbonyl (C=O) groups is 2. The van der Waals surface area contributed by atoms with Crippen LogP contribution in [0, 0.1) is 5.92 Å². The lowest BCUT2D eigenvalue weighted by molar-refractivity contribution is -0.328. The van der Waals surface area contributed by atoms with Crippen LogP contribution in [-0.4, -0.2) is 47.6 Å². The first-order valence-corrected chi connectivity index (χ1v) is 8.16. The Morgan fingerprint density at radius 2 is 2.04 bits per heavy atom. The van der Waals surface area contributed by atoms with Crippen LogP contribution >= 0.6 is 23.2 Å². The Bertz CT molecular complexity index is 731. The molecule has 2 N–H and O–H groups in total. The van der Waals surface area contributed by atoms with Crippen molar-refractivity contribution in [1.29, 1.82) is 0 Å². The molecular formula is C15H15Cl2F3N2O4. The van der Waals surface area contributed by atoms with E-state index < -0.39 is 35.9 Å². The number of halogens is 5. The highest BCUT2D eigenvalue weighted by atomic mass is 35.5. The molecule has 0 radical (unpaired) electrons. The lowest BCUT2D eigenvalue weighted by Crippen LogP contribution is -2.73. The summed E-state index contributed by atoms with van der Waals surface area (Å²) in [6.07, 6.45) is -5.35. The van der Waals surface area contributed by atoms with Crippen LogP contribution in [0.4, 0.5) is 18.0 Å². The van der Waals surface area contributed by atoms with Gasteiger partial charge in [0.1, 0.15) is 5.92 Å². The molecule has 26 heavy (non-hydrogen) atoms. The fraction of sp³-hybridized carbons (Fsp3) is 0.467. The quantitative estimate of drug-likeness (QED) is 0.744. The number of ether oxygens (including phenoxy) is 1. The molecule has 11 heteroatoms. The van der Waals surface area contributed by atoms with Gasteiger partial charge in [-0.15, -0.1) is 0 Å². The number of nitrogens with zero attached hydrogens (tertiary/aromatic N) is 1. The summed E-state index contributed by atoms with van der Waals surface area (Å²) in [5.74, 6) is -3.58. The van der Waals surface area contributed by atoms with Gasteiger partial charge in [-0.2, -0.15) is 13.2 Å². The van der Waals surface area contributed by atoms with Crippen molar-refractivity contribution >= 4 is 35.2 Å². The maximum atomic E-state index is 13.7. The van der Waals surface area contributed by atoms with Crippen molar-refractivity contribution in [2.24, 2.45) is 5.92 Å². The highest BCUT2D eigenvalue weighted by molar-refractivity contribution is 6.42. The van der Waals surface area contributed by atoms with Crippen molar-refractivity contribution in [3.05, 3.63) is 33.8 Å². The molecule has 1 heterocycles. The third kappa shape index (κ3) is 3.19. The van der Waals surface area contributed by atoms with Gasteiger partial charge in [-0.3, -0.25) is 9.69 Å². The number of urea groups is 1. The minimum atomic E-state index is -5.35. The molecule has 6 nitrogen and oxygen atoms in total. The Kier molecular flexibility index (Phi) is 5.65. The average molecular weight is 415 g/mol. The number of aliphatic hydroxyl groups is 1. The minimum Gasteiger partial charge on any atom is -0.466 e. The van der Waals surface area contributed by atoms with Gasteiger partial charge in [0.2, 0.25) is 0 Å². The van der Waals surface area contributed by atoms with Crippen molar-refractivity contribution in [3.63, 3.8) is 0 Å². The van der Waals surface area contributed by atoms with Gasteiger partial charge >= 0.3 is 18.2 Å². The molecule has 2 rings (SSSR count). The van der Waals surface area contributed by atoms with Crippen molar-refractivity contribution < 1.29 is 32.6 Å². The number of hydrogen-bond donors (Lipinski definition) is 2. The van der Waals surface area contributed by atoms with Gasteiger partial charge in [-0.25, -0.2) is 4.79 Å². The van der Waals surface area contributed by atoms with E-state index in [1.54, 1.807) is 0 Å². The molecule has 0 saturated carbocycles. The van der Waals surface area contributed by atoms with Gasteiger partial charge in [-0.05, 0) is 18.6 Å². The third-order valence-corrected chi connectivity index (χ3v) is 4.97. The standard InChI is InChI=1S/C15H15Cl2F3N2O4/c1-3-26-12(23)9-11(7-5-4-6-8(16)10(7)17)21-13(24)22(2)14(9,25)15(18,19)20/h4-6,9,11,25H,3H2,1-2H3,(H,21,24). The number of esters is 1. The highest BCUT2D eigenvalue weighted by Crippen LogP contribution is 2.48. The van der Waals surface area contributed by atoms with Gasteiger partial charge in [0, 0.05) is 7.05 Å². The molecule has 3 unspecified atom stereocenters. The summed E-state index contributed by atoms with van der Waals surface area (Å²) in [5.41, 5.74) is -3.86. The lowest BCUT2D eigenvalue weighted by Gasteiger charge is -2.49. The predicted octanol–water partition coefficient (Wildman–Crippen LogP) is 3.12. The van der Waals surface area contributed by atoms with Crippen LogP contribution < -0.4 is 5.32 Å². The summed E-state index contributed by atoms with van der Waals surface area (Å²) in [5, 5.41) is 12.6. The van der Waals surface area contributed by atoms with E-state index in [1.807, 2.05) is 0 Å². The smallest absolute Gasteiger partial charge is 0.437 e. The van der Waals surface area contributed by atoms with Crippen molar-refractivity contribution in [3.8, 4) is 0 Å². The first-order chi connectivity index (χ1) is 12.0. The molecule has 144 valence electrons. The van der Waals surface area contributed by atoms with E-state index in [0.29, 0.717) is 0 Å². The Morgan fingerprint density at radius 1 is 1.42 bits per heavy atom. The Hall–Kier alpha value is -1.71. The molecule has 0 aliphatic carbocycles. The van der Waals surface area contributed by atoms with Crippen LogP contribution in [0.15, 0.2) is 18.2 Å². The van der Waals surface area contributed by atoms with Crippen LogP contribution in [0.2, 0.25) is 10.0 Å². The van der Waals surface area contributed by atoms with Gasteiger partial charge in [-0.1, -0.05) is 35.3 Å². The molecule has 1 aromatic carbocycles. The number of hydrogen-bond acceptors (Lipinski definition) is 4. The van der Waals surface area contributed by atoms with E-state index in [4.69, 9.17) is 27.9 Å². The summed E-state index contributed by atoms with van der Waals surface area (Å²) in [7, 11) is 0.727. The van der Waals surface area contributed by atoms with Crippen molar-refractivity contribution in [2.45, 2.75) is 24.9 Å². The first-order valence-electron chi connectivity index (χ1n) is 7.40. The summed E-state index contributed by atoms with van der Waals surface area (Å²) < 4.78 is 45.9. The SMILES string of the molecule is CCOC(=O)C1C(c2cccc(Cl)c2Cl)NC(=O)N(C)C1(O)C(F)(F)F. The first kappa shape index (κ1) is 20.6. The highest BCUT2D eigenvalue weighted by Gasteiger charge is 2.70. The number of rotatable bonds is 3. The second-order valence-electron chi connectivity index (χ2n) is 5.58. The van der Waals surface area contributed by atoms with Gasteiger partial charge in [0.25, 0.3) is 5.72 Å². The van der Waals surface area contributed by atoms with Crippen LogP contribution in [0.25, 0.3) is 0 Å². The van der Waals surface area contributed by atoms with E-state index in [9.17, 15) is 27.9 Å².